The molecule has 0 unspecified atom stereocenters. The van der Waals surface area contributed by atoms with Gasteiger partial charge in [-0.15, -0.1) is 0 Å². The van der Waals surface area contributed by atoms with Crippen LogP contribution in [-0.2, 0) is 16.0 Å². The number of hydrogen-bond donors (Lipinski definition) is 3. The Bertz CT molecular complexity index is 725. The van der Waals surface area contributed by atoms with Crippen molar-refractivity contribution in [3.05, 3.63) is 5.82 Å². The highest BCUT2D eigenvalue weighted by Crippen LogP contribution is 2.16. The largest absolute Gasteiger partial charge is 0.338 e. The Morgan fingerprint density at radius 1 is 1.16 bits per heavy atom. The van der Waals surface area contributed by atoms with Crippen molar-refractivity contribution in [2.45, 2.75) is 65.8 Å². The van der Waals surface area contributed by atoms with Gasteiger partial charge in [-0.05, 0) is 20.3 Å². The molecule has 2 rings (SSSR count). The second kappa shape index (κ2) is 13.1. The summed E-state index contributed by atoms with van der Waals surface area (Å²) in [5, 5.41) is 10.0. The third-order valence-corrected chi connectivity index (χ3v) is 5.67. The number of nitrogens with one attached hydrogen (secondary N) is 2. The van der Waals surface area contributed by atoms with E-state index in [0.29, 0.717) is 42.1 Å². The first kappa shape index (κ1) is 25.7. The lowest BCUT2D eigenvalue weighted by Gasteiger charge is -2.37. The number of aryl methyl sites for hydroxylation is 1. The third kappa shape index (κ3) is 7.86. The lowest BCUT2D eigenvalue weighted by Crippen LogP contribution is -2.49. The summed E-state index contributed by atoms with van der Waals surface area (Å²) in [6.07, 6.45) is 4.34. The smallest absolute Gasteiger partial charge is 0.246 e. The number of rotatable bonds is 13. The molecule has 1 saturated heterocycles. The van der Waals surface area contributed by atoms with Crippen molar-refractivity contribution >= 4 is 24.2 Å². The number of anilines is 2. The highest BCUT2D eigenvalue weighted by molar-refractivity contribution is 5.80. The summed E-state index contributed by atoms with van der Waals surface area (Å²) in [5.41, 5.74) is 5.44. The molecule has 1 aromatic rings. The number of carbonyl (C=O) groups is 2. The minimum atomic E-state index is -0.541. The van der Waals surface area contributed by atoms with Crippen LogP contribution in [0.4, 0.5) is 11.9 Å². The van der Waals surface area contributed by atoms with Crippen LogP contribution in [0, 0.1) is 5.92 Å². The van der Waals surface area contributed by atoms with Crippen molar-refractivity contribution in [1.82, 2.24) is 30.3 Å². The zero-order valence-corrected chi connectivity index (χ0v) is 19.8. The summed E-state index contributed by atoms with van der Waals surface area (Å²) >= 11 is 0. The van der Waals surface area contributed by atoms with E-state index in [2.05, 4.69) is 56.4 Å². The molecule has 0 spiro atoms. The molecule has 0 radical (unpaired) electrons. The van der Waals surface area contributed by atoms with E-state index in [1.165, 1.54) is 0 Å². The zero-order valence-electron chi connectivity index (χ0n) is 19.8. The molecule has 32 heavy (non-hydrogen) atoms. The molecule has 1 aliphatic rings. The van der Waals surface area contributed by atoms with E-state index in [4.69, 9.17) is 0 Å². The maximum atomic E-state index is 12.7. The summed E-state index contributed by atoms with van der Waals surface area (Å²) in [5.74, 6) is 0.641. The van der Waals surface area contributed by atoms with Crippen molar-refractivity contribution in [3.63, 3.8) is 0 Å². The molecule has 2 amide bonds. The monoisotopic (exact) mass is 450 g/mol. The van der Waals surface area contributed by atoms with Gasteiger partial charge >= 0.3 is 0 Å². The van der Waals surface area contributed by atoms with E-state index >= 15 is 0 Å². The SMILES string of the molecule is CCCCC[C@H](CN(O)C=O)C(=O)NNc1nc(CC)nc(N2CCN(C(C)C)CC2)n1. The van der Waals surface area contributed by atoms with Crippen LogP contribution in [0.25, 0.3) is 0 Å². The molecule has 2 heterocycles. The number of aromatic nitrogens is 3. The van der Waals surface area contributed by atoms with Gasteiger partial charge in [0, 0.05) is 38.6 Å². The highest BCUT2D eigenvalue weighted by atomic mass is 16.5. The van der Waals surface area contributed by atoms with Crippen molar-refractivity contribution < 1.29 is 14.8 Å². The van der Waals surface area contributed by atoms with Crippen molar-refractivity contribution in [2.24, 2.45) is 5.92 Å². The van der Waals surface area contributed by atoms with Gasteiger partial charge in [-0.3, -0.25) is 30.5 Å². The van der Waals surface area contributed by atoms with Crippen LogP contribution in [0.3, 0.4) is 0 Å². The van der Waals surface area contributed by atoms with Crippen LogP contribution < -0.4 is 15.8 Å². The van der Waals surface area contributed by atoms with E-state index in [9.17, 15) is 14.8 Å². The summed E-state index contributed by atoms with van der Waals surface area (Å²) in [7, 11) is 0. The molecule has 11 nitrogen and oxygen atoms in total. The molecule has 0 saturated carbocycles. The molecule has 3 N–H and O–H groups in total. The Labute approximate surface area is 190 Å². The molecule has 1 aromatic heterocycles. The van der Waals surface area contributed by atoms with Gasteiger partial charge in [0.25, 0.3) is 0 Å². The predicted octanol–water partition coefficient (Wildman–Crippen LogP) is 1.45. The third-order valence-electron chi connectivity index (χ3n) is 5.67. The summed E-state index contributed by atoms with van der Waals surface area (Å²) in [6, 6.07) is 0.508. The fourth-order valence-corrected chi connectivity index (χ4v) is 3.64. The summed E-state index contributed by atoms with van der Waals surface area (Å²) < 4.78 is 0. The van der Waals surface area contributed by atoms with E-state index in [1.54, 1.807) is 0 Å². The number of hydrazine groups is 1. The first-order chi connectivity index (χ1) is 15.4. The number of piperazine rings is 1. The standard InChI is InChI=1S/C21H38N8O3/c1-5-7-8-9-17(14-29(32)15-30)19(31)25-26-20-22-18(6-2)23-21(24-20)28-12-10-27(11-13-28)16(3)4/h15-17,32H,5-14H2,1-4H3,(H,25,31)(H,22,23,24,26)/t17-/m1/s1. The number of unbranched alkanes of at least 4 members (excludes halogenated alkanes) is 2. The molecule has 0 aliphatic carbocycles. The summed E-state index contributed by atoms with van der Waals surface area (Å²) in [4.78, 5) is 41.5. The topological polar surface area (TPSA) is 127 Å². The van der Waals surface area contributed by atoms with Crippen LogP contribution >= 0.6 is 0 Å². The fourth-order valence-electron chi connectivity index (χ4n) is 3.64. The Morgan fingerprint density at radius 3 is 2.47 bits per heavy atom. The number of hydroxylamine groups is 2. The molecule has 11 heteroatoms. The van der Waals surface area contributed by atoms with Gasteiger partial charge in [0.15, 0.2) is 0 Å². The molecule has 1 atom stereocenters. The fraction of sp³-hybridized carbons (Fsp3) is 0.762. The van der Waals surface area contributed by atoms with Gasteiger partial charge in [0.05, 0.1) is 12.5 Å². The average molecular weight is 451 g/mol. The van der Waals surface area contributed by atoms with E-state index in [1.807, 2.05) is 6.92 Å². The Hall–Kier alpha value is -2.53. The first-order valence-electron chi connectivity index (χ1n) is 11.6. The van der Waals surface area contributed by atoms with Crippen molar-refractivity contribution in [1.29, 1.82) is 0 Å². The Kier molecular flexibility index (Phi) is 10.5. The van der Waals surface area contributed by atoms with Gasteiger partial charge < -0.3 is 4.90 Å². The molecular formula is C21H38N8O3. The molecule has 0 aromatic carbocycles. The van der Waals surface area contributed by atoms with Gasteiger partial charge in [-0.2, -0.15) is 15.0 Å². The minimum absolute atomic E-state index is 0.0660. The molecule has 0 bridgehead atoms. The summed E-state index contributed by atoms with van der Waals surface area (Å²) in [6.45, 7) is 11.9. The Morgan fingerprint density at radius 2 is 1.88 bits per heavy atom. The van der Waals surface area contributed by atoms with E-state index in [0.717, 1.165) is 45.4 Å². The van der Waals surface area contributed by atoms with Crippen molar-refractivity contribution in [3.8, 4) is 0 Å². The molecule has 180 valence electrons. The highest BCUT2D eigenvalue weighted by Gasteiger charge is 2.23. The van der Waals surface area contributed by atoms with Crippen LogP contribution in [-0.4, -0.2) is 81.2 Å². The van der Waals surface area contributed by atoms with Crippen LogP contribution in [0.2, 0.25) is 0 Å². The lowest BCUT2D eigenvalue weighted by molar-refractivity contribution is -0.154. The second-order valence-corrected chi connectivity index (χ2v) is 8.38. The van der Waals surface area contributed by atoms with Gasteiger partial charge in [0.1, 0.15) is 5.82 Å². The molecule has 1 aliphatic heterocycles. The Balaban J connectivity index is 2.03. The molecule has 1 fully saturated rings. The van der Waals surface area contributed by atoms with E-state index in [-0.39, 0.29) is 18.4 Å². The normalized spacial score (nSPS) is 15.5. The van der Waals surface area contributed by atoms with Crippen LogP contribution in [0.5, 0.6) is 0 Å². The number of carbonyl (C=O) groups excluding carboxylic acids is 2. The van der Waals surface area contributed by atoms with Gasteiger partial charge in [-0.1, -0.05) is 33.1 Å². The quantitative estimate of drug-likeness (QED) is 0.177. The van der Waals surface area contributed by atoms with E-state index < -0.39 is 5.92 Å². The number of amides is 2. The molecular weight excluding hydrogens is 412 g/mol. The predicted molar refractivity (Wildman–Crippen MR) is 122 cm³/mol. The first-order valence-corrected chi connectivity index (χ1v) is 11.6. The van der Waals surface area contributed by atoms with Crippen molar-refractivity contribution in [2.75, 3.05) is 43.0 Å². The van der Waals surface area contributed by atoms with Crippen LogP contribution in [0.1, 0.15) is 59.2 Å². The maximum absolute atomic E-state index is 12.7. The number of hydrogen-bond acceptors (Lipinski definition) is 9. The number of nitrogens with zero attached hydrogens (tertiary/aromatic N) is 6. The van der Waals surface area contributed by atoms with Crippen LogP contribution in [0.15, 0.2) is 0 Å². The van der Waals surface area contributed by atoms with Gasteiger partial charge in [-0.25, -0.2) is 5.06 Å². The average Bonchev–Trinajstić information content (AvgIpc) is 2.81. The maximum Gasteiger partial charge on any atom is 0.246 e. The second-order valence-electron chi connectivity index (χ2n) is 8.38. The van der Waals surface area contributed by atoms with Gasteiger partial charge in [0.2, 0.25) is 24.2 Å². The zero-order chi connectivity index (χ0) is 23.5. The lowest BCUT2D eigenvalue weighted by atomic mass is 10.0. The minimum Gasteiger partial charge on any atom is -0.338 e.